The third-order valence-electron chi connectivity index (χ3n) is 3.80. The van der Waals surface area contributed by atoms with Gasteiger partial charge in [-0.3, -0.25) is 0 Å². The van der Waals surface area contributed by atoms with Gasteiger partial charge in [0, 0.05) is 19.6 Å². The quantitative estimate of drug-likeness (QED) is 0.676. The predicted octanol–water partition coefficient (Wildman–Crippen LogP) is 1.47. The topological polar surface area (TPSA) is 35.5 Å². The van der Waals surface area contributed by atoms with Crippen LogP contribution in [0, 0.1) is 5.41 Å². The van der Waals surface area contributed by atoms with Crippen LogP contribution < -0.4 is 5.32 Å². The highest BCUT2D eigenvalue weighted by atomic mass is 16.3. The Morgan fingerprint density at radius 3 is 2.31 bits per heavy atom. The Kier molecular flexibility index (Phi) is 6.32. The van der Waals surface area contributed by atoms with Gasteiger partial charge in [0.2, 0.25) is 0 Å². The lowest BCUT2D eigenvalue weighted by Gasteiger charge is -2.36. The van der Waals surface area contributed by atoms with Crippen LogP contribution >= 0.6 is 0 Å². The molecule has 0 bridgehead atoms. The lowest BCUT2D eigenvalue weighted by Crippen LogP contribution is -2.42. The molecular weight excluding hydrogens is 200 g/mol. The minimum Gasteiger partial charge on any atom is -0.395 e. The second kappa shape index (κ2) is 7.25. The van der Waals surface area contributed by atoms with Crippen LogP contribution in [0.1, 0.15) is 38.5 Å². The number of hydrogen-bond acceptors (Lipinski definition) is 3. The van der Waals surface area contributed by atoms with Gasteiger partial charge in [-0.15, -0.1) is 0 Å². The van der Waals surface area contributed by atoms with Crippen LogP contribution in [0.25, 0.3) is 0 Å². The minimum atomic E-state index is 0.270. The molecule has 0 saturated heterocycles. The zero-order valence-corrected chi connectivity index (χ0v) is 11.0. The molecule has 0 unspecified atom stereocenters. The molecule has 0 atom stereocenters. The second-order valence-electron chi connectivity index (χ2n) is 5.41. The molecule has 0 aliphatic heterocycles. The maximum absolute atomic E-state index is 8.98. The monoisotopic (exact) mass is 228 g/mol. The highest BCUT2D eigenvalue weighted by molar-refractivity contribution is 4.85. The van der Waals surface area contributed by atoms with E-state index >= 15 is 0 Å². The molecule has 0 aromatic rings. The maximum Gasteiger partial charge on any atom is 0.0558 e. The van der Waals surface area contributed by atoms with Crippen LogP contribution in [-0.2, 0) is 0 Å². The number of aliphatic hydroxyl groups excluding tert-OH is 1. The number of likely N-dealkylation sites (N-methyl/N-ethyl adjacent to an activating group) is 1. The van der Waals surface area contributed by atoms with E-state index in [1.807, 2.05) is 0 Å². The molecule has 3 nitrogen and oxygen atoms in total. The van der Waals surface area contributed by atoms with E-state index in [0.29, 0.717) is 5.41 Å². The SMILES string of the molecule is CNCC1(CN(C)CCO)CCCCCC1. The molecule has 0 aromatic carbocycles. The number of nitrogens with one attached hydrogen (secondary N) is 1. The van der Waals surface area contributed by atoms with Crippen molar-refractivity contribution in [2.24, 2.45) is 5.41 Å². The van der Waals surface area contributed by atoms with Crippen molar-refractivity contribution < 1.29 is 5.11 Å². The van der Waals surface area contributed by atoms with Crippen LogP contribution in [-0.4, -0.2) is 50.3 Å². The van der Waals surface area contributed by atoms with Crippen LogP contribution in [0.2, 0.25) is 0 Å². The third kappa shape index (κ3) is 4.40. The summed E-state index contributed by atoms with van der Waals surface area (Å²) in [5, 5.41) is 12.3. The van der Waals surface area contributed by atoms with Gasteiger partial charge < -0.3 is 15.3 Å². The van der Waals surface area contributed by atoms with E-state index in [2.05, 4.69) is 24.3 Å². The Bertz CT molecular complexity index is 177. The summed E-state index contributed by atoms with van der Waals surface area (Å²) in [5.74, 6) is 0. The fourth-order valence-electron chi connectivity index (χ4n) is 3.07. The molecule has 1 aliphatic carbocycles. The summed E-state index contributed by atoms with van der Waals surface area (Å²) in [6.07, 6.45) is 8.21. The molecule has 16 heavy (non-hydrogen) atoms. The molecule has 1 rings (SSSR count). The lowest BCUT2D eigenvalue weighted by molar-refractivity contribution is 0.129. The van der Waals surface area contributed by atoms with Crippen LogP contribution in [0.4, 0.5) is 0 Å². The van der Waals surface area contributed by atoms with Crippen molar-refractivity contribution >= 4 is 0 Å². The fourth-order valence-corrected chi connectivity index (χ4v) is 3.07. The Balaban J connectivity index is 2.54. The molecule has 1 aliphatic rings. The molecule has 0 aromatic heterocycles. The molecule has 0 heterocycles. The first-order valence-corrected chi connectivity index (χ1v) is 6.66. The van der Waals surface area contributed by atoms with Gasteiger partial charge in [0.05, 0.1) is 6.61 Å². The summed E-state index contributed by atoms with van der Waals surface area (Å²) in [5.41, 5.74) is 0.440. The van der Waals surface area contributed by atoms with Gasteiger partial charge >= 0.3 is 0 Å². The van der Waals surface area contributed by atoms with E-state index in [9.17, 15) is 0 Å². The van der Waals surface area contributed by atoms with Gasteiger partial charge in [0.25, 0.3) is 0 Å². The normalized spacial score (nSPS) is 21.0. The molecule has 96 valence electrons. The molecule has 0 radical (unpaired) electrons. The van der Waals surface area contributed by atoms with Gasteiger partial charge in [0.15, 0.2) is 0 Å². The summed E-state index contributed by atoms with van der Waals surface area (Å²) in [6, 6.07) is 0. The van der Waals surface area contributed by atoms with Gasteiger partial charge in [0.1, 0.15) is 0 Å². The number of hydrogen-bond donors (Lipinski definition) is 2. The van der Waals surface area contributed by atoms with Crippen molar-refractivity contribution in [2.45, 2.75) is 38.5 Å². The Morgan fingerprint density at radius 2 is 1.81 bits per heavy atom. The Labute approximate surface area is 100 Å². The van der Waals surface area contributed by atoms with Crippen molar-refractivity contribution in [1.29, 1.82) is 0 Å². The van der Waals surface area contributed by atoms with E-state index < -0.39 is 0 Å². The molecule has 1 fully saturated rings. The van der Waals surface area contributed by atoms with Crippen molar-refractivity contribution in [3.8, 4) is 0 Å². The lowest BCUT2D eigenvalue weighted by atomic mass is 9.79. The average Bonchev–Trinajstić information content (AvgIpc) is 2.45. The van der Waals surface area contributed by atoms with Crippen LogP contribution in [0.3, 0.4) is 0 Å². The first-order valence-electron chi connectivity index (χ1n) is 6.66. The van der Waals surface area contributed by atoms with Crippen molar-refractivity contribution in [1.82, 2.24) is 10.2 Å². The molecular formula is C13H28N2O. The standard InChI is InChI=1S/C13H28N2O/c1-14-11-13(12-15(2)9-10-16)7-5-3-4-6-8-13/h14,16H,3-12H2,1-2H3. The van der Waals surface area contributed by atoms with E-state index in [1.165, 1.54) is 38.5 Å². The van der Waals surface area contributed by atoms with E-state index in [0.717, 1.165) is 19.6 Å². The van der Waals surface area contributed by atoms with Crippen molar-refractivity contribution in [3.05, 3.63) is 0 Å². The number of nitrogens with zero attached hydrogens (tertiary/aromatic N) is 1. The number of rotatable bonds is 6. The first kappa shape index (κ1) is 13.9. The molecule has 0 amide bonds. The molecule has 1 saturated carbocycles. The smallest absolute Gasteiger partial charge is 0.0558 e. The van der Waals surface area contributed by atoms with E-state index in [1.54, 1.807) is 0 Å². The molecule has 3 heteroatoms. The van der Waals surface area contributed by atoms with E-state index in [-0.39, 0.29) is 6.61 Å². The van der Waals surface area contributed by atoms with Gasteiger partial charge in [-0.1, -0.05) is 25.7 Å². The van der Waals surface area contributed by atoms with Gasteiger partial charge in [-0.25, -0.2) is 0 Å². The zero-order valence-electron chi connectivity index (χ0n) is 11.0. The van der Waals surface area contributed by atoms with Gasteiger partial charge in [-0.05, 0) is 32.4 Å². The summed E-state index contributed by atoms with van der Waals surface area (Å²) in [6.45, 7) is 3.30. The summed E-state index contributed by atoms with van der Waals surface area (Å²) >= 11 is 0. The summed E-state index contributed by atoms with van der Waals surface area (Å²) < 4.78 is 0. The fraction of sp³-hybridized carbons (Fsp3) is 1.00. The van der Waals surface area contributed by atoms with Crippen LogP contribution in [0.5, 0.6) is 0 Å². The Hall–Kier alpha value is -0.120. The van der Waals surface area contributed by atoms with Crippen molar-refractivity contribution in [3.63, 3.8) is 0 Å². The van der Waals surface area contributed by atoms with E-state index in [4.69, 9.17) is 5.11 Å². The summed E-state index contributed by atoms with van der Waals surface area (Å²) in [7, 11) is 4.18. The predicted molar refractivity (Wildman–Crippen MR) is 68.6 cm³/mol. The van der Waals surface area contributed by atoms with Crippen molar-refractivity contribution in [2.75, 3.05) is 40.3 Å². The number of aliphatic hydroxyl groups is 1. The second-order valence-corrected chi connectivity index (χ2v) is 5.41. The van der Waals surface area contributed by atoms with Crippen LogP contribution in [0.15, 0.2) is 0 Å². The zero-order chi connectivity index (χ0) is 11.9. The molecule has 2 N–H and O–H groups in total. The third-order valence-corrected chi connectivity index (χ3v) is 3.80. The minimum absolute atomic E-state index is 0.270. The average molecular weight is 228 g/mol. The largest absolute Gasteiger partial charge is 0.395 e. The Morgan fingerprint density at radius 1 is 1.19 bits per heavy atom. The highest BCUT2D eigenvalue weighted by Crippen LogP contribution is 2.35. The maximum atomic E-state index is 8.98. The highest BCUT2D eigenvalue weighted by Gasteiger charge is 2.31. The molecule has 0 spiro atoms. The summed E-state index contributed by atoms with van der Waals surface area (Å²) in [4.78, 5) is 2.28. The first-order chi connectivity index (χ1) is 7.72. The van der Waals surface area contributed by atoms with Gasteiger partial charge in [-0.2, -0.15) is 0 Å².